The largest absolute Gasteiger partial charge is 0.497 e. The molecule has 1 aromatic rings. The van der Waals surface area contributed by atoms with E-state index in [1.165, 1.54) is 13.2 Å². The van der Waals surface area contributed by atoms with Crippen molar-refractivity contribution in [3.8, 4) is 5.75 Å². The van der Waals surface area contributed by atoms with E-state index in [1.54, 1.807) is 19.3 Å². The number of ether oxygens (including phenoxy) is 3. The molecule has 0 unspecified atom stereocenters. The van der Waals surface area contributed by atoms with Crippen molar-refractivity contribution in [2.45, 2.75) is 12.2 Å². The van der Waals surface area contributed by atoms with Gasteiger partial charge in [-0.1, -0.05) is 18.2 Å². The Bertz CT molecular complexity index is 600. The standard InChI is InChI=1S/C15H14O4/c1-17-11-6-3-5-10-9-19-15(14(10)11)12(16)7-4-8-13(15)18-2/h3-8H,9H2,1-2H3/t15-/m1/s1. The summed E-state index contributed by atoms with van der Waals surface area (Å²) < 4.78 is 16.6. The van der Waals surface area contributed by atoms with Crippen LogP contribution in [-0.4, -0.2) is 20.0 Å². The van der Waals surface area contributed by atoms with E-state index < -0.39 is 5.60 Å². The normalized spacial score (nSPS) is 24.3. The summed E-state index contributed by atoms with van der Waals surface area (Å²) >= 11 is 0. The average Bonchev–Trinajstić information content (AvgIpc) is 2.83. The van der Waals surface area contributed by atoms with Crippen molar-refractivity contribution in [3.63, 3.8) is 0 Å². The highest BCUT2D eigenvalue weighted by atomic mass is 16.6. The zero-order valence-corrected chi connectivity index (χ0v) is 10.8. The number of benzene rings is 1. The average molecular weight is 258 g/mol. The number of carbonyl (C=O) groups excluding carboxylic acids is 1. The van der Waals surface area contributed by atoms with Crippen LogP contribution >= 0.6 is 0 Å². The molecule has 4 nitrogen and oxygen atoms in total. The summed E-state index contributed by atoms with van der Waals surface area (Å²) in [4.78, 5) is 12.4. The van der Waals surface area contributed by atoms with Gasteiger partial charge < -0.3 is 14.2 Å². The molecule has 0 saturated carbocycles. The summed E-state index contributed by atoms with van der Waals surface area (Å²) in [6.45, 7) is 0.368. The minimum atomic E-state index is -1.19. The van der Waals surface area contributed by atoms with Gasteiger partial charge in [-0.15, -0.1) is 0 Å². The van der Waals surface area contributed by atoms with Gasteiger partial charge in [0.15, 0.2) is 5.78 Å². The van der Waals surface area contributed by atoms with E-state index in [4.69, 9.17) is 14.2 Å². The van der Waals surface area contributed by atoms with Crippen LogP contribution in [0.15, 0.2) is 42.2 Å². The molecule has 0 radical (unpaired) electrons. The molecule has 1 aliphatic carbocycles. The van der Waals surface area contributed by atoms with Gasteiger partial charge in [-0.25, -0.2) is 0 Å². The monoisotopic (exact) mass is 258 g/mol. The van der Waals surface area contributed by atoms with E-state index in [0.29, 0.717) is 18.1 Å². The number of fused-ring (bicyclic) bond motifs is 2. The van der Waals surface area contributed by atoms with Crippen LogP contribution in [0.25, 0.3) is 0 Å². The van der Waals surface area contributed by atoms with Crippen molar-refractivity contribution in [2.75, 3.05) is 14.2 Å². The molecule has 2 aliphatic rings. The molecule has 98 valence electrons. The van der Waals surface area contributed by atoms with Crippen LogP contribution in [0.2, 0.25) is 0 Å². The molecule has 1 heterocycles. The highest BCUT2D eigenvalue weighted by molar-refractivity contribution is 6.02. The summed E-state index contributed by atoms with van der Waals surface area (Å²) in [5.41, 5.74) is 0.511. The van der Waals surface area contributed by atoms with Crippen molar-refractivity contribution in [1.82, 2.24) is 0 Å². The predicted octanol–water partition coefficient (Wildman–Crippen LogP) is 2.09. The molecule has 1 aromatic carbocycles. The Labute approximate surface area is 111 Å². The number of carbonyl (C=O) groups is 1. The summed E-state index contributed by atoms with van der Waals surface area (Å²) in [7, 11) is 3.12. The molecule has 1 atom stereocenters. The number of methoxy groups -OCH3 is 2. The van der Waals surface area contributed by atoms with Gasteiger partial charge in [-0.2, -0.15) is 0 Å². The number of allylic oxidation sites excluding steroid dienone is 2. The summed E-state index contributed by atoms with van der Waals surface area (Å²) in [6, 6.07) is 5.65. The molecular weight excluding hydrogens is 244 g/mol. The maximum absolute atomic E-state index is 12.4. The van der Waals surface area contributed by atoms with E-state index in [9.17, 15) is 4.79 Å². The van der Waals surface area contributed by atoms with E-state index in [0.717, 1.165) is 11.1 Å². The van der Waals surface area contributed by atoms with Crippen LogP contribution in [0.4, 0.5) is 0 Å². The maximum Gasteiger partial charge on any atom is 0.216 e. The second-order valence-corrected chi connectivity index (χ2v) is 4.42. The molecule has 0 fully saturated rings. The minimum Gasteiger partial charge on any atom is -0.497 e. The van der Waals surface area contributed by atoms with Gasteiger partial charge in [0.25, 0.3) is 0 Å². The highest BCUT2D eigenvalue weighted by Gasteiger charge is 2.52. The van der Waals surface area contributed by atoms with Crippen molar-refractivity contribution in [1.29, 1.82) is 0 Å². The van der Waals surface area contributed by atoms with Gasteiger partial charge in [0.05, 0.1) is 20.8 Å². The first-order valence-electron chi connectivity index (χ1n) is 6.01. The van der Waals surface area contributed by atoms with E-state index in [-0.39, 0.29) is 5.78 Å². The van der Waals surface area contributed by atoms with Crippen LogP contribution in [0.3, 0.4) is 0 Å². The Balaban J connectivity index is 2.27. The summed E-state index contributed by atoms with van der Waals surface area (Å²) in [5.74, 6) is 0.986. The second kappa shape index (κ2) is 4.24. The Morgan fingerprint density at radius 2 is 2.11 bits per heavy atom. The molecule has 0 amide bonds. The van der Waals surface area contributed by atoms with E-state index in [2.05, 4.69) is 0 Å². The lowest BCUT2D eigenvalue weighted by Crippen LogP contribution is -2.39. The van der Waals surface area contributed by atoms with Gasteiger partial charge in [0, 0.05) is 5.56 Å². The molecule has 1 aliphatic heterocycles. The Kier molecular flexibility index (Phi) is 2.68. The molecule has 19 heavy (non-hydrogen) atoms. The van der Waals surface area contributed by atoms with Crippen LogP contribution < -0.4 is 4.74 Å². The highest BCUT2D eigenvalue weighted by Crippen LogP contribution is 2.48. The van der Waals surface area contributed by atoms with Gasteiger partial charge in [0.1, 0.15) is 11.5 Å². The van der Waals surface area contributed by atoms with Gasteiger partial charge >= 0.3 is 0 Å². The summed E-state index contributed by atoms with van der Waals surface area (Å²) in [5, 5.41) is 0. The number of hydrogen-bond acceptors (Lipinski definition) is 4. The lowest BCUT2D eigenvalue weighted by atomic mass is 9.83. The first kappa shape index (κ1) is 12.0. The van der Waals surface area contributed by atoms with Crippen molar-refractivity contribution in [3.05, 3.63) is 53.3 Å². The first-order valence-corrected chi connectivity index (χ1v) is 6.01. The third kappa shape index (κ3) is 1.47. The molecule has 0 N–H and O–H groups in total. The Morgan fingerprint density at radius 3 is 2.84 bits per heavy atom. The third-order valence-electron chi connectivity index (χ3n) is 3.54. The van der Waals surface area contributed by atoms with Gasteiger partial charge in [-0.3, -0.25) is 4.79 Å². The fourth-order valence-electron chi connectivity index (χ4n) is 2.70. The van der Waals surface area contributed by atoms with E-state index >= 15 is 0 Å². The van der Waals surface area contributed by atoms with Crippen LogP contribution in [0, 0.1) is 0 Å². The van der Waals surface area contributed by atoms with Crippen LogP contribution in [0.1, 0.15) is 11.1 Å². The fourth-order valence-corrected chi connectivity index (χ4v) is 2.70. The lowest BCUT2D eigenvalue weighted by Gasteiger charge is -2.31. The molecular formula is C15H14O4. The minimum absolute atomic E-state index is 0.143. The van der Waals surface area contributed by atoms with E-state index in [1.807, 2.05) is 18.2 Å². The molecule has 0 aromatic heterocycles. The molecule has 1 spiro atoms. The quantitative estimate of drug-likeness (QED) is 0.814. The number of ketones is 1. The molecule has 4 heteroatoms. The Hall–Kier alpha value is -2.07. The first-order chi connectivity index (χ1) is 9.24. The molecule has 3 rings (SSSR count). The topological polar surface area (TPSA) is 44.8 Å². The number of hydrogen-bond donors (Lipinski definition) is 0. The van der Waals surface area contributed by atoms with Crippen LogP contribution in [-0.2, 0) is 26.5 Å². The SMILES string of the molecule is COC1=CC=CC(=O)[C@@]12OCc1cccc(OC)c12. The van der Waals surface area contributed by atoms with Gasteiger partial charge in [0.2, 0.25) is 5.60 Å². The third-order valence-corrected chi connectivity index (χ3v) is 3.54. The van der Waals surface area contributed by atoms with Crippen LogP contribution in [0.5, 0.6) is 5.75 Å². The Morgan fingerprint density at radius 1 is 1.26 bits per heavy atom. The van der Waals surface area contributed by atoms with Crippen molar-refractivity contribution < 1.29 is 19.0 Å². The second-order valence-electron chi connectivity index (χ2n) is 4.42. The summed E-state index contributed by atoms with van der Waals surface area (Å²) in [6.07, 6.45) is 4.93. The fraction of sp³-hybridized carbons (Fsp3) is 0.267. The smallest absolute Gasteiger partial charge is 0.216 e. The zero-order chi connectivity index (χ0) is 13.5. The number of rotatable bonds is 2. The maximum atomic E-state index is 12.4. The van der Waals surface area contributed by atoms with Crippen molar-refractivity contribution in [2.24, 2.45) is 0 Å². The molecule has 0 bridgehead atoms. The lowest BCUT2D eigenvalue weighted by molar-refractivity contribution is -0.139. The van der Waals surface area contributed by atoms with Crippen molar-refractivity contribution >= 4 is 5.78 Å². The van der Waals surface area contributed by atoms with Gasteiger partial charge in [-0.05, 0) is 23.8 Å². The zero-order valence-electron chi connectivity index (χ0n) is 10.8. The predicted molar refractivity (Wildman–Crippen MR) is 68.7 cm³/mol. The molecule has 0 saturated heterocycles.